The molecule has 20 heavy (non-hydrogen) atoms. The van der Waals surface area contributed by atoms with E-state index in [4.69, 9.17) is 10.3 Å². The van der Waals surface area contributed by atoms with E-state index in [1.54, 1.807) is 0 Å². The zero-order chi connectivity index (χ0) is 14.8. The van der Waals surface area contributed by atoms with E-state index in [1.807, 2.05) is 20.9 Å². The lowest BCUT2D eigenvalue weighted by Gasteiger charge is -2.14. The van der Waals surface area contributed by atoms with Gasteiger partial charge in [0.05, 0.1) is 12.1 Å². The summed E-state index contributed by atoms with van der Waals surface area (Å²) in [6.07, 6.45) is 0. The van der Waals surface area contributed by atoms with Gasteiger partial charge < -0.3 is 10.3 Å². The summed E-state index contributed by atoms with van der Waals surface area (Å²) < 4.78 is 5.24. The molecule has 0 bridgehead atoms. The molecular formula is C15H22N4O. The number of nitrogens with zero attached hydrogens (tertiary/aromatic N) is 3. The molecule has 2 N–H and O–H groups in total. The van der Waals surface area contributed by atoms with Gasteiger partial charge in [0.25, 0.3) is 0 Å². The second kappa shape index (κ2) is 5.73. The first-order valence-electron chi connectivity index (χ1n) is 6.70. The van der Waals surface area contributed by atoms with Crippen LogP contribution in [0.25, 0.3) is 0 Å². The SMILES string of the molecule is Cc1ccc(CN(C)Cc2nc(C(C)(C)N)no2)cc1. The number of aromatic nitrogens is 2. The van der Waals surface area contributed by atoms with Crippen molar-refractivity contribution in [1.29, 1.82) is 0 Å². The smallest absolute Gasteiger partial charge is 0.240 e. The minimum Gasteiger partial charge on any atom is -0.338 e. The molecule has 0 amide bonds. The Morgan fingerprint density at radius 2 is 1.85 bits per heavy atom. The van der Waals surface area contributed by atoms with Crippen molar-refractivity contribution in [1.82, 2.24) is 15.0 Å². The van der Waals surface area contributed by atoms with E-state index < -0.39 is 5.54 Å². The summed E-state index contributed by atoms with van der Waals surface area (Å²) >= 11 is 0. The Labute approximate surface area is 119 Å². The van der Waals surface area contributed by atoms with Gasteiger partial charge in [0.2, 0.25) is 5.89 Å². The minimum atomic E-state index is -0.572. The first kappa shape index (κ1) is 14.7. The van der Waals surface area contributed by atoms with Gasteiger partial charge in [0.15, 0.2) is 5.82 Å². The zero-order valence-corrected chi connectivity index (χ0v) is 12.6. The van der Waals surface area contributed by atoms with E-state index in [1.165, 1.54) is 11.1 Å². The molecular weight excluding hydrogens is 252 g/mol. The molecule has 2 aromatic rings. The van der Waals surface area contributed by atoms with Gasteiger partial charge in [-0.15, -0.1) is 0 Å². The third kappa shape index (κ3) is 3.88. The van der Waals surface area contributed by atoms with E-state index in [2.05, 4.69) is 46.2 Å². The quantitative estimate of drug-likeness (QED) is 0.905. The topological polar surface area (TPSA) is 68.2 Å². The van der Waals surface area contributed by atoms with Crippen LogP contribution in [0.3, 0.4) is 0 Å². The van der Waals surface area contributed by atoms with Crippen LogP contribution < -0.4 is 5.73 Å². The van der Waals surface area contributed by atoms with Crippen LogP contribution in [0.5, 0.6) is 0 Å². The van der Waals surface area contributed by atoms with Gasteiger partial charge in [-0.2, -0.15) is 4.98 Å². The van der Waals surface area contributed by atoms with Crippen LogP contribution in [0.2, 0.25) is 0 Å². The molecule has 0 atom stereocenters. The summed E-state index contributed by atoms with van der Waals surface area (Å²) in [7, 11) is 2.03. The molecule has 1 aromatic carbocycles. The van der Waals surface area contributed by atoms with E-state index in [-0.39, 0.29) is 0 Å². The van der Waals surface area contributed by atoms with Crippen molar-refractivity contribution in [2.45, 2.75) is 39.4 Å². The van der Waals surface area contributed by atoms with Gasteiger partial charge in [0.1, 0.15) is 0 Å². The average Bonchev–Trinajstić information content (AvgIpc) is 2.80. The standard InChI is InChI=1S/C15H22N4O/c1-11-5-7-12(8-6-11)9-19(4)10-13-17-14(18-20-13)15(2,3)16/h5-8H,9-10,16H2,1-4H3. The van der Waals surface area contributed by atoms with Crippen molar-refractivity contribution in [2.75, 3.05) is 7.05 Å². The number of hydrogen-bond acceptors (Lipinski definition) is 5. The fourth-order valence-electron chi connectivity index (χ4n) is 1.87. The summed E-state index contributed by atoms with van der Waals surface area (Å²) in [5.41, 5.74) is 7.90. The molecule has 0 fully saturated rings. The highest BCUT2D eigenvalue weighted by Gasteiger charge is 2.21. The summed E-state index contributed by atoms with van der Waals surface area (Å²) in [4.78, 5) is 6.46. The summed E-state index contributed by atoms with van der Waals surface area (Å²) in [5.74, 6) is 1.13. The largest absolute Gasteiger partial charge is 0.338 e. The first-order chi connectivity index (χ1) is 9.34. The zero-order valence-electron chi connectivity index (χ0n) is 12.6. The number of benzene rings is 1. The summed E-state index contributed by atoms with van der Waals surface area (Å²) in [6.45, 7) is 7.25. The molecule has 0 aliphatic heterocycles. The van der Waals surface area contributed by atoms with Gasteiger partial charge in [0, 0.05) is 6.54 Å². The Balaban J connectivity index is 1.96. The van der Waals surface area contributed by atoms with Crippen molar-refractivity contribution in [3.63, 3.8) is 0 Å². The summed E-state index contributed by atoms with van der Waals surface area (Å²) in [5, 5.41) is 3.92. The Bertz CT molecular complexity index is 554. The maximum absolute atomic E-state index is 5.94. The van der Waals surface area contributed by atoms with Gasteiger partial charge in [-0.3, -0.25) is 4.90 Å². The molecule has 108 valence electrons. The van der Waals surface area contributed by atoms with Gasteiger partial charge in [-0.1, -0.05) is 35.0 Å². The van der Waals surface area contributed by atoms with Crippen LogP contribution in [0.1, 0.15) is 36.7 Å². The van der Waals surface area contributed by atoms with Crippen molar-refractivity contribution in [3.05, 3.63) is 47.1 Å². The van der Waals surface area contributed by atoms with Crippen LogP contribution in [0.4, 0.5) is 0 Å². The third-order valence-corrected chi connectivity index (χ3v) is 3.02. The Kier molecular flexibility index (Phi) is 4.20. The second-order valence-corrected chi connectivity index (χ2v) is 5.89. The van der Waals surface area contributed by atoms with Crippen LogP contribution in [0, 0.1) is 6.92 Å². The molecule has 0 radical (unpaired) electrons. The predicted octanol–water partition coefficient (Wildman–Crippen LogP) is 2.20. The number of aryl methyl sites for hydroxylation is 1. The molecule has 1 aromatic heterocycles. The Hall–Kier alpha value is -1.72. The lowest BCUT2D eigenvalue weighted by Crippen LogP contribution is -2.30. The van der Waals surface area contributed by atoms with Crippen LogP contribution in [-0.2, 0) is 18.6 Å². The third-order valence-electron chi connectivity index (χ3n) is 3.02. The fraction of sp³-hybridized carbons (Fsp3) is 0.467. The monoisotopic (exact) mass is 274 g/mol. The maximum Gasteiger partial charge on any atom is 0.240 e. The fourth-order valence-corrected chi connectivity index (χ4v) is 1.87. The van der Waals surface area contributed by atoms with Gasteiger partial charge >= 0.3 is 0 Å². The van der Waals surface area contributed by atoms with E-state index >= 15 is 0 Å². The van der Waals surface area contributed by atoms with E-state index in [0.717, 1.165) is 6.54 Å². The lowest BCUT2D eigenvalue weighted by molar-refractivity contribution is 0.259. The van der Waals surface area contributed by atoms with Crippen LogP contribution in [-0.4, -0.2) is 22.1 Å². The van der Waals surface area contributed by atoms with Gasteiger partial charge in [-0.25, -0.2) is 0 Å². The molecule has 0 saturated heterocycles. The Morgan fingerprint density at radius 3 is 2.40 bits per heavy atom. The number of rotatable bonds is 5. The highest BCUT2D eigenvalue weighted by Crippen LogP contribution is 2.14. The Morgan fingerprint density at radius 1 is 1.20 bits per heavy atom. The predicted molar refractivity (Wildman–Crippen MR) is 77.9 cm³/mol. The van der Waals surface area contributed by atoms with E-state index in [0.29, 0.717) is 18.3 Å². The highest BCUT2D eigenvalue weighted by molar-refractivity contribution is 5.21. The molecule has 0 aliphatic rings. The highest BCUT2D eigenvalue weighted by atomic mass is 16.5. The molecule has 5 nitrogen and oxygen atoms in total. The first-order valence-corrected chi connectivity index (χ1v) is 6.70. The van der Waals surface area contributed by atoms with Crippen molar-refractivity contribution < 1.29 is 4.52 Å². The number of hydrogen-bond donors (Lipinski definition) is 1. The second-order valence-electron chi connectivity index (χ2n) is 5.89. The van der Waals surface area contributed by atoms with Crippen LogP contribution in [0.15, 0.2) is 28.8 Å². The van der Waals surface area contributed by atoms with Crippen molar-refractivity contribution in [2.24, 2.45) is 5.73 Å². The average molecular weight is 274 g/mol. The molecule has 2 rings (SSSR count). The van der Waals surface area contributed by atoms with Gasteiger partial charge in [-0.05, 0) is 33.4 Å². The molecule has 5 heteroatoms. The van der Waals surface area contributed by atoms with E-state index in [9.17, 15) is 0 Å². The van der Waals surface area contributed by atoms with Crippen LogP contribution >= 0.6 is 0 Å². The van der Waals surface area contributed by atoms with Crippen molar-refractivity contribution >= 4 is 0 Å². The molecule has 0 unspecified atom stereocenters. The molecule has 0 spiro atoms. The molecule has 0 aliphatic carbocycles. The minimum absolute atomic E-state index is 0.538. The van der Waals surface area contributed by atoms with Crippen molar-refractivity contribution in [3.8, 4) is 0 Å². The number of nitrogens with two attached hydrogens (primary N) is 1. The molecule has 0 saturated carbocycles. The maximum atomic E-state index is 5.94. The summed E-state index contributed by atoms with van der Waals surface area (Å²) in [6, 6.07) is 8.50. The lowest BCUT2D eigenvalue weighted by atomic mass is 10.1. The normalized spacial score (nSPS) is 12.1. The molecule has 1 heterocycles.